The van der Waals surface area contributed by atoms with E-state index >= 15 is 0 Å². The number of benzene rings is 1. The quantitative estimate of drug-likeness (QED) is 0.649. The minimum Gasteiger partial charge on any atom is -0.122 e. The maximum atomic E-state index is 6.38. The van der Waals surface area contributed by atoms with Crippen LogP contribution in [0.4, 0.5) is 0 Å². The Kier molecular flexibility index (Phi) is 3.83. The van der Waals surface area contributed by atoms with Crippen LogP contribution in [-0.4, -0.2) is 5.38 Å². The van der Waals surface area contributed by atoms with Gasteiger partial charge in [0.15, 0.2) is 0 Å². The average Bonchev–Trinajstić information content (AvgIpc) is 2.10. The van der Waals surface area contributed by atoms with Gasteiger partial charge >= 0.3 is 0 Å². The summed E-state index contributed by atoms with van der Waals surface area (Å²) in [6, 6.07) is 6.61. The smallest absolute Gasteiger partial charge is 0.0424 e. The standard InChI is InChI=1S/C14H21Cl/c1-10-6-7-12(8-11(10)2)9-13(15)14(3,4)5/h6-8,13H,9H2,1-5H3. The third kappa shape index (κ3) is 3.53. The third-order valence-corrected chi connectivity index (χ3v) is 3.73. The molecular weight excluding hydrogens is 204 g/mol. The van der Waals surface area contributed by atoms with E-state index in [2.05, 4.69) is 52.8 Å². The molecule has 1 aromatic carbocycles. The molecule has 0 saturated heterocycles. The van der Waals surface area contributed by atoms with Crippen LogP contribution in [0.5, 0.6) is 0 Å². The molecule has 1 heteroatoms. The van der Waals surface area contributed by atoms with Gasteiger partial charge in [-0.25, -0.2) is 0 Å². The monoisotopic (exact) mass is 224 g/mol. The summed E-state index contributed by atoms with van der Waals surface area (Å²) in [6.45, 7) is 10.9. The Morgan fingerprint density at radius 2 is 1.73 bits per heavy atom. The molecule has 0 aliphatic heterocycles. The molecule has 1 rings (SSSR count). The second-order valence-corrected chi connectivity index (χ2v) is 5.98. The van der Waals surface area contributed by atoms with Crippen LogP contribution in [0, 0.1) is 19.3 Å². The van der Waals surface area contributed by atoms with E-state index in [1.807, 2.05) is 0 Å². The second-order valence-electron chi connectivity index (χ2n) is 5.46. The van der Waals surface area contributed by atoms with Gasteiger partial charge in [0.25, 0.3) is 0 Å². The molecule has 0 bridgehead atoms. The summed E-state index contributed by atoms with van der Waals surface area (Å²) in [6.07, 6.45) is 0.951. The predicted octanol–water partition coefficient (Wildman–Crippen LogP) is 4.50. The third-order valence-electron chi connectivity index (χ3n) is 2.93. The van der Waals surface area contributed by atoms with Crippen LogP contribution in [0.3, 0.4) is 0 Å². The molecule has 0 heterocycles. The molecular formula is C14H21Cl. The van der Waals surface area contributed by atoms with E-state index in [1.165, 1.54) is 16.7 Å². The molecule has 0 nitrogen and oxygen atoms in total. The van der Waals surface area contributed by atoms with Gasteiger partial charge in [-0.15, -0.1) is 11.6 Å². The van der Waals surface area contributed by atoms with Gasteiger partial charge in [0, 0.05) is 5.38 Å². The van der Waals surface area contributed by atoms with Crippen molar-refractivity contribution in [2.24, 2.45) is 5.41 Å². The topological polar surface area (TPSA) is 0 Å². The number of aryl methyl sites for hydroxylation is 2. The number of hydrogen-bond acceptors (Lipinski definition) is 0. The highest BCUT2D eigenvalue weighted by Crippen LogP contribution is 2.27. The van der Waals surface area contributed by atoms with Crippen molar-refractivity contribution in [3.63, 3.8) is 0 Å². The van der Waals surface area contributed by atoms with Gasteiger partial charge in [-0.1, -0.05) is 39.0 Å². The Labute approximate surface area is 98.7 Å². The zero-order valence-electron chi connectivity index (χ0n) is 10.4. The average molecular weight is 225 g/mol. The summed E-state index contributed by atoms with van der Waals surface area (Å²) < 4.78 is 0. The summed E-state index contributed by atoms with van der Waals surface area (Å²) >= 11 is 6.38. The van der Waals surface area contributed by atoms with Gasteiger partial charge in [0.1, 0.15) is 0 Å². The summed E-state index contributed by atoms with van der Waals surface area (Å²) in [4.78, 5) is 0. The van der Waals surface area contributed by atoms with Gasteiger partial charge in [0.2, 0.25) is 0 Å². The molecule has 0 saturated carbocycles. The van der Waals surface area contributed by atoms with Crippen molar-refractivity contribution in [2.75, 3.05) is 0 Å². The molecule has 0 N–H and O–H groups in total. The highest BCUT2D eigenvalue weighted by Gasteiger charge is 2.22. The SMILES string of the molecule is Cc1ccc(CC(Cl)C(C)(C)C)cc1C. The van der Waals surface area contributed by atoms with Crippen molar-refractivity contribution in [3.8, 4) is 0 Å². The minimum absolute atomic E-state index is 0.167. The Morgan fingerprint density at radius 3 is 2.20 bits per heavy atom. The zero-order valence-corrected chi connectivity index (χ0v) is 11.2. The van der Waals surface area contributed by atoms with Crippen molar-refractivity contribution in [2.45, 2.75) is 46.4 Å². The van der Waals surface area contributed by atoms with Crippen LogP contribution >= 0.6 is 11.6 Å². The second kappa shape index (κ2) is 4.57. The summed E-state index contributed by atoms with van der Waals surface area (Å²) in [5.74, 6) is 0. The molecule has 0 aliphatic rings. The lowest BCUT2D eigenvalue weighted by molar-refractivity contribution is 0.386. The molecule has 0 aromatic heterocycles. The summed E-state index contributed by atoms with van der Waals surface area (Å²) in [5, 5.41) is 0.194. The van der Waals surface area contributed by atoms with Crippen LogP contribution in [0.15, 0.2) is 18.2 Å². The molecule has 1 aromatic rings. The Hall–Kier alpha value is -0.490. The van der Waals surface area contributed by atoms with Crippen LogP contribution in [-0.2, 0) is 6.42 Å². The van der Waals surface area contributed by atoms with E-state index in [9.17, 15) is 0 Å². The predicted molar refractivity (Wildman–Crippen MR) is 68.7 cm³/mol. The number of hydrogen-bond donors (Lipinski definition) is 0. The van der Waals surface area contributed by atoms with Gasteiger partial charge in [-0.05, 0) is 42.4 Å². The number of halogens is 1. The Morgan fingerprint density at radius 1 is 1.13 bits per heavy atom. The van der Waals surface area contributed by atoms with Gasteiger partial charge in [-0.3, -0.25) is 0 Å². The fraction of sp³-hybridized carbons (Fsp3) is 0.571. The van der Waals surface area contributed by atoms with Gasteiger partial charge < -0.3 is 0 Å². The lowest BCUT2D eigenvalue weighted by atomic mass is 9.87. The van der Waals surface area contributed by atoms with E-state index in [0.29, 0.717) is 0 Å². The normalized spacial score (nSPS) is 14.0. The molecule has 1 atom stereocenters. The van der Waals surface area contributed by atoms with Gasteiger partial charge in [0.05, 0.1) is 0 Å². The lowest BCUT2D eigenvalue weighted by Crippen LogP contribution is -2.22. The van der Waals surface area contributed by atoms with Crippen molar-refractivity contribution in [3.05, 3.63) is 34.9 Å². The fourth-order valence-corrected chi connectivity index (χ4v) is 1.62. The molecule has 84 valence electrons. The minimum atomic E-state index is 0.167. The summed E-state index contributed by atoms with van der Waals surface area (Å²) in [5.41, 5.74) is 4.21. The largest absolute Gasteiger partial charge is 0.122 e. The molecule has 0 fully saturated rings. The van der Waals surface area contributed by atoms with Crippen molar-refractivity contribution in [1.29, 1.82) is 0 Å². The number of alkyl halides is 1. The van der Waals surface area contributed by atoms with Gasteiger partial charge in [-0.2, -0.15) is 0 Å². The van der Waals surface area contributed by atoms with E-state index in [4.69, 9.17) is 11.6 Å². The maximum Gasteiger partial charge on any atom is 0.0424 e. The zero-order chi connectivity index (χ0) is 11.6. The van der Waals surface area contributed by atoms with E-state index in [0.717, 1.165) is 6.42 Å². The first-order valence-electron chi connectivity index (χ1n) is 5.51. The van der Waals surface area contributed by atoms with Crippen molar-refractivity contribution >= 4 is 11.6 Å². The Bertz CT molecular complexity index is 334. The number of rotatable bonds is 2. The molecule has 0 aliphatic carbocycles. The molecule has 15 heavy (non-hydrogen) atoms. The van der Waals surface area contributed by atoms with Crippen LogP contribution in [0.25, 0.3) is 0 Å². The molecule has 1 unspecified atom stereocenters. The van der Waals surface area contributed by atoms with E-state index in [1.54, 1.807) is 0 Å². The van der Waals surface area contributed by atoms with Crippen molar-refractivity contribution < 1.29 is 0 Å². The highest BCUT2D eigenvalue weighted by molar-refractivity contribution is 6.21. The van der Waals surface area contributed by atoms with Crippen LogP contribution in [0.1, 0.15) is 37.5 Å². The maximum absolute atomic E-state index is 6.38. The first-order valence-corrected chi connectivity index (χ1v) is 5.94. The highest BCUT2D eigenvalue weighted by atomic mass is 35.5. The Balaban J connectivity index is 2.78. The first-order chi connectivity index (χ1) is 6.80. The van der Waals surface area contributed by atoms with E-state index in [-0.39, 0.29) is 10.8 Å². The van der Waals surface area contributed by atoms with E-state index < -0.39 is 0 Å². The van der Waals surface area contributed by atoms with Crippen molar-refractivity contribution in [1.82, 2.24) is 0 Å². The molecule has 0 spiro atoms. The lowest BCUT2D eigenvalue weighted by Gasteiger charge is -2.25. The summed E-state index contributed by atoms with van der Waals surface area (Å²) in [7, 11) is 0. The van der Waals surface area contributed by atoms with Crippen LogP contribution < -0.4 is 0 Å². The molecule has 0 amide bonds. The fourth-order valence-electron chi connectivity index (χ4n) is 1.44. The molecule has 0 radical (unpaired) electrons. The van der Waals surface area contributed by atoms with Crippen LogP contribution in [0.2, 0.25) is 0 Å². The first kappa shape index (κ1) is 12.6.